The molecule has 0 aliphatic heterocycles. The van der Waals surface area contributed by atoms with Gasteiger partial charge in [0.25, 0.3) is 5.91 Å². The number of unbranched alkanes of at least 4 members (excludes halogenated alkanes) is 1. The summed E-state index contributed by atoms with van der Waals surface area (Å²) in [4.78, 5) is 17.2. The largest absolute Gasteiger partial charge is 0.496 e. The molecule has 0 bridgehead atoms. The van der Waals surface area contributed by atoms with Crippen LogP contribution in [-0.4, -0.2) is 48.6 Å². The highest BCUT2D eigenvalue weighted by molar-refractivity contribution is 6.36. The average Bonchev–Trinajstić information content (AvgIpc) is 3.22. The summed E-state index contributed by atoms with van der Waals surface area (Å²) in [5.74, 6) is 1.29. The number of hydrogen-bond donors (Lipinski definition) is 2. The van der Waals surface area contributed by atoms with Gasteiger partial charge in [-0.3, -0.25) is 4.79 Å². The molecule has 2 N–H and O–H groups in total. The number of carbonyl (C=O) groups excluding carboxylic acids is 1. The summed E-state index contributed by atoms with van der Waals surface area (Å²) in [5.41, 5.74) is 4.00. The van der Waals surface area contributed by atoms with Crippen molar-refractivity contribution in [1.29, 1.82) is 0 Å². The van der Waals surface area contributed by atoms with Gasteiger partial charge >= 0.3 is 0 Å². The Morgan fingerprint density at radius 1 is 1.12 bits per heavy atom. The van der Waals surface area contributed by atoms with Gasteiger partial charge in [0.1, 0.15) is 19.4 Å². The van der Waals surface area contributed by atoms with Crippen molar-refractivity contribution in [2.45, 2.75) is 12.8 Å². The van der Waals surface area contributed by atoms with E-state index in [1.165, 1.54) is 0 Å². The molecule has 2 aromatic carbocycles. The third-order valence-corrected chi connectivity index (χ3v) is 5.67. The standard InChI is InChI=1S/C24H25BClN5O2/c1-33-21-11-5-3-9-17(21)24(32)28-13-7-6-12-27-22-14-20(16-8-2-4-10-19(16)26)30-23-18(25)15-29-31(22)23/h2-5,8-11,14-15,27H,6-7,12-13,25H2,1H3,(H,28,32). The molecule has 0 aliphatic rings. The number of carbonyl (C=O) groups is 1. The Kier molecular flexibility index (Phi) is 7.15. The van der Waals surface area contributed by atoms with E-state index in [4.69, 9.17) is 21.3 Å². The summed E-state index contributed by atoms with van der Waals surface area (Å²) in [5, 5.41) is 11.5. The number of ether oxygens (including phenoxy) is 1. The second-order valence-corrected chi connectivity index (χ2v) is 8.07. The molecule has 0 aliphatic carbocycles. The van der Waals surface area contributed by atoms with Gasteiger partial charge in [-0.05, 0) is 36.5 Å². The van der Waals surface area contributed by atoms with E-state index < -0.39 is 0 Å². The molecule has 4 rings (SSSR count). The number of nitrogens with zero attached hydrogens (tertiary/aromatic N) is 3. The Hall–Kier alpha value is -3.52. The molecule has 0 saturated carbocycles. The summed E-state index contributed by atoms with van der Waals surface area (Å²) in [7, 11) is 3.55. The maximum absolute atomic E-state index is 12.4. The monoisotopic (exact) mass is 461 g/mol. The van der Waals surface area contributed by atoms with E-state index in [0.29, 0.717) is 22.9 Å². The van der Waals surface area contributed by atoms with Gasteiger partial charge in [-0.25, -0.2) is 4.98 Å². The van der Waals surface area contributed by atoms with E-state index in [9.17, 15) is 4.79 Å². The number of anilines is 1. The van der Waals surface area contributed by atoms with E-state index in [1.54, 1.807) is 30.0 Å². The Morgan fingerprint density at radius 2 is 1.88 bits per heavy atom. The molecule has 2 heterocycles. The molecule has 0 unspecified atom stereocenters. The van der Waals surface area contributed by atoms with Crippen LogP contribution in [0.1, 0.15) is 23.2 Å². The van der Waals surface area contributed by atoms with Crippen LogP contribution in [0.3, 0.4) is 0 Å². The summed E-state index contributed by atoms with van der Waals surface area (Å²) >= 11 is 6.40. The van der Waals surface area contributed by atoms with Crippen LogP contribution < -0.4 is 20.8 Å². The lowest BCUT2D eigenvalue weighted by atomic mass is 10.0. The molecule has 4 aromatic rings. The van der Waals surface area contributed by atoms with Crippen molar-refractivity contribution in [2.75, 3.05) is 25.5 Å². The lowest BCUT2D eigenvalue weighted by molar-refractivity contribution is 0.0950. The van der Waals surface area contributed by atoms with E-state index in [1.807, 2.05) is 50.3 Å². The summed E-state index contributed by atoms with van der Waals surface area (Å²) in [6.45, 7) is 1.31. The molecule has 33 heavy (non-hydrogen) atoms. The first-order valence-electron chi connectivity index (χ1n) is 10.8. The van der Waals surface area contributed by atoms with Gasteiger partial charge in [0.15, 0.2) is 5.65 Å². The van der Waals surface area contributed by atoms with Gasteiger partial charge < -0.3 is 15.4 Å². The maximum Gasteiger partial charge on any atom is 0.255 e. The summed E-state index contributed by atoms with van der Waals surface area (Å²) in [6.07, 6.45) is 3.51. The number of benzene rings is 2. The van der Waals surface area contributed by atoms with Crippen LogP contribution in [-0.2, 0) is 0 Å². The number of para-hydroxylation sites is 1. The molecule has 0 atom stereocenters. The van der Waals surface area contributed by atoms with Crippen LogP contribution in [0.4, 0.5) is 5.82 Å². The minimum atomic E-state index is -0.132. The first-order chi connectivity index (χ1) is 16.1. The number of rotatable bonds is 9. The lowest BCUT2D eigenvalue weighted by Crippen LogP contribution is -2.25. The van der Waals surface area contributed by atoms with Crippen molar-refractivity contribution >= 4 is 42.3 Å². The van der Waals surface area contributed by atoms with Gasteiger partial charge in [-0.15, -0.1) is 0 Å². The highest BCUT2D eigenvalue weighted by Gasteiger charge is 2.13. The molecule has 7 nitrogen and oxygen atoms in total. The van der Waals surface area contributed by atoms with E-state index in [-0.39, 0.29) is 5.91 Å². The van der Waals surface area contributed by atoms with Gasteiger partial charge in [0.2, 0.25) is 0 Å². The molecule has 2 aromatic heterocycles. The van der Waals surface area contributed by atoms with Gasteiger partial charge in [-0.1, -0.05) is 41.9 Å². The fourth-order valence-corrected chi connectivity index (χ4v) is 3.83. The predicted molar refractivity (Wildman–Crippen MR) is 135 cm³/mol. The molecular weight excluding hydrogens is 437 g/mol. The zero-order valence-corrected chi connectivity index (χ0v) is 19.4. The first kappa shape index (κ1) is 22.7. The fourth-order valence-electron chi connectivity index (χ4n) is 3.60. The fraction of sp³-hybridized carbons (Fsp3) is 0.208. The highest BCUT2D eigenvalue weighted by Crippen LogP contribution is 2.28. The van der Waals surface area contributed by atoms with Crippen molar-refractivity contribution in [3.05, 3.63) is 71.4 Å². The van der Waals surface area contributed by atoms with E-state index in [2.05, 4.69) is 15.7 Å². The Bertz CT molecular complexity index is 1280. The molecule has 0 spiro atoms. The van der Waals surface area contributed by atoms with E-state index in [0.717, 1.165) is 47.6 Å². The van der Waals surface area contributed by atoms with E-state index >= 15 is 0 Å². The normalized spacial score (nSPS) is 10.8. The number of nitrogens with one attached hydrogen (secondary N) is 2. The minimum Gasteiger partial charge on any atom is -0.496 e. The SMILES string of the molecule is Bc1cnn2c(NCCCCNC(=O)c3ccccc3OC)cc(-c3ccccc3Cl)nc12. The molecule has 9 heteroatoms. The quantitative estimate of drug-likeness (QED) is 0.296. The van der Waals surface area contributed by atoms with Gasteiger partial charge in [0, 0.05) is 35.9 Å². The van der Waals surface area contributed by atoms with Crippen molar-refractivity contribution in [2.24, 2.45) is 0 Å². The van der Waals surface area contributed by atoms with Crippen LogP contribution in [0, 0.1) is 0 Å². The van der Waals surface area contributed by atoms with Crippen LogP contribution in [0.15, 0.2) is 60.8 Å². The topological polar surface area (TPSA) is 80.5 Å². The number of aromatic nitrogens is 3. The second kappa shape index (κ2) is 10.4. The second-order valence-electron chi connectivity index (χ2n) is 7.66. The molecule has 0 fully saturated rings. The van der Waals surface area contributed by atoms with Gasteiger partial charge in [-0.2, -0.15) is 9.61 Å². The number of halogens is 1. The van der Waals surface area contributed by atoms with Crippen molar-refractivity contribution < 1.29 is 9.53 Å². The molecular formula is C24H25BClN5O2. The Balaban J connectivity index is 1.37. The van der Waals surface area contributed by atoms with Crippen LogP contribution in [0.25, 0.3) is 16.9 Å². The first-order valence-corrected chi connectivity index (χ1v) is 11.2. The van der Waals surface area contributed by atoms with Gasteiger partial charge in [0.05, 0.1) is 18.4 Å². The summed E-state index contributed by atoms with van der Waals surface area (Å²) < 4.78 is 7.06. The maximum atomic E-state index is 12.4. The number of fused-ring (bicyclic) bond motifs is 1. The zero-order chi connectivity index (χ0) is 23.2. The molecule has 0 saturated heterocycles. The molecule has 168 valence electrons. The number of hydrogen-bond acceptors (Lipinski definition) is 5. The Morgan fingerprint density at radius 3 is 2.70 bits per heavy atom. The highest BCUT2D eigenvalue weighted by atomic mass is 35.5. The van der Waals surface area contributed by atoms with Crippen LogP contribution in [0.5, 0.6) is 5.75 Å². The minimum absolute atomic E-state index is 0.132. The predicted octanol–water partition coefficient (Wildman–Crippen LogP) is 2.94. The van der Waals surface area contributed by atoms with Crippen molar-refractivity contribution in [3.8, 4) is 17.0 Å². The summed E-state index contributed by atoms with van der Waals surface area (Å²) in [6, 6.07) is 16.8. The third-order valence-electron chi connectivity index (χ3n) is 5.34. The zero-order valence-electron chi connectivity index (χ0n) is 18.6. The smallest absolute Gasteiger partial charge is 0.255 e. The van der Waals surface area contributed by atoms with Crippen LogP contribution in [0.2, 0.25) is 5.02 Å². The van der Waals surface area contributed by atoms with Crippen LogP contribution >= 0.6 is 11.6 Å². The van der Waals surface area contributed by atoms with Crippen molar-refractivity contribution in [3.63, 3.8) is 0 Å². The number of methoxy groups -OCH3 is 1. The Labute approximate surface area is 198 Å². The van der Waals surface area contributed by atoms with Crippen molar-refractivity contribution in [1.82, 2.24) is 19.9 Å². The third kappa shape index (κ3) is 5.12. The lowest BCUT2D eigenvalue weighted by Gasteiger charge is -2.12. The molecule has 0 radical (unpaired) electrons. The molecule has 1 amide bonds. The number of amides is 1. The average molecular weight is 462 g/mol.